The molecule has 0 radical (unpaired) electrons. The van der Waals surface area contributed by atoms with Gasteiger partial charge < -0.3 is 49.6 Å². The van der Waals surface area contributed by atoms with Crippen LogP contribution in [0.5, 0.6) is 0 Å². The van der Waals surface area contributed by atoms with Crippen LogP contribution in [0.2, 0.25) is 0 Å². The van der Waals surface area contributed by atoms with Crippen LogP contribution in [0.4, 0.5) is 0 Å². The van der Waals surface area contributed by atoms with Gasteiger partial charge in [-0.2, -0.15) is 0 Å². The molecule has 0 fully saturated rings. The zero-order chi connectivity index (χ0) is 5.11. The summed E-state index contributed by atoms with van der Waals surface area (Å²) in [4.78, 5) is 0. The van der Waals surface area contributed by atoms with Crippen LogP contribution in [0.25, 0.3) is 0 Å². The van der Waals surface area contributed by atoms with Gasteiger partial charge >= 0.3 is 34.4 Å². The third kappa shape index (κ3) is 19.7. The van der Waals surface area contributed by atoms with Gasteiger partial charge in [-0.3, -0.25) is 0 Å². The van der Waals surface area contributed by atoms with Crippen LogP contribution in [0.3, 0.4) is 0 Å². The maximum atomic E-state index is 2.08. The average Bonchev–Trinajstić information content (AvgIpc) is 1.69. The first kappa shape index (κ1) is 36.6. The Morgan fingerprint density at radius 2 is 1.08 bits per heavy atom. The summed E-state index contributed by atoms with van der Waals surface area (Å²) in [5.74, 6) is 0. The topological polar surface area (TPSA) is 0 Å². The first-order valence-electron chi connectivity index (χ1n) is 2.41. The smallest absolute Gasteiger partial charge is 1.00 e. The van der Waals surface area contributed by atoms with Crippen LogP contribution >= 0.6 is 0 Å². The van der Waals surface area contributed by atoms with E-state index in [2.05, 4.69) is 19.1 Å². The van der Waals surface area contributed by atoms with Gasteiger partial charge in [-0.25, -0.2) is 0 Å². The Hall–Kier alpha value is 1.43. The molecule has 78 valence electrons. The van der Waals surface area contributed by atoms with Crippen LogP contribution in [-0.2, 0) is 17.1 Å². The van der Waals surface area contributed by atoms with E-state index in [1.54, 1.807) is 0 Å². The predicted octanol–water partition coefficient (Wildman–Crippen LogP) is -10.4. The number of benzene rings is 1. The van der Waals surface area contributed by atoms with Crippen molar-refractivity contribution in [3.05, 3.63) is 35.9 Å². The van der Waals surface area contributed by atoms with Gasteiger partial charge in [0.25, 0.3) is 0 Å². The monoisotopic (exact) mass is 322 g/mol. The van der Waals surface area contributed by atoms with Crippen LogP contribution in [0, 0.1) is 6.92 Å². The Balaban J connectivity index is -0.0000000204. The van der Waals surface area contributed by atoms with Crippen LogP contribution < -0.4 is 49.6 Å². The number of hydrogen-bond acceptors (Lipinski definition) is 0. The quantitative estimate of drug-likeness (QED) is 0.416. The van der Waals surface area contributed by atoms with Crippen molar-refractivity contribution in [2.45, 2.75) is 6.92 Å². The summed E-state index contributed by atoms with van der Waals surface area (Å²) in [7, 11) is 0. The van der Waals surface area contributed by atoms with Crippen molar-refractivity contribution in [1.82, 2.24) is 0 Å². The SMILES string of the molecule is Cc1ccccc1.[Al+3].[Cl-].[Cl-].[Cl-].[Cl-].[Cu+]. The van der Waals surface area contributed by atoms with Crippen molar-refractivity contribution in [3.63, 3.8) is 0 Å². The Morgan fingerprint density at radius 1 is 0.769 bits per heavy atom. The summed E-state index contributed by atoms with van der Waals surface area (Å²) < 4.78 is 0. The molecule has 0 heterocycles. The average molecular weight is 324 g/mol. The minimum Gasteiger partial charge on any atom is -1.00 e. The van der Waals surface area contributed by atoms with Crippen LogP contribution in [-0.4, -0.2) is 17.4 Å². The molecule has 0 aromatic heterocycles. The second-order valence-electron chi connectivity index (χ2n) is 1.65. The second kappa shape index (κ2) is 23.3. The number of hydrogen-bond donors (Lipinski definition) is 0. The summed E-state index contributed by atoms with van der Waals surface area (Å²) in [5.41, 5.74) is 1.32. The van der Waals surface area contributed by atoms with Gasteiger partial charge in [0.05, 0.1) is 0 Å². The summed E-state index contributed by atoms with van der Waals surface area (Å²) >= 11 is 0. The van der Waals surface area contributed by atoms with Gasteiger partial charge in [-0.15, -0.1) is 0 Å². The fraction of sp³-hybridized carbons (Fsp3) is 0.143. The first-order chi connectivity index (χ1) is 3.39. The van der Waals surface area contributed by atoms with E-state index in [4.69, 9.17) is 0 Å². The molecule has 0 amide bonds. The first-order valence-corrected chi connectivity index (χ1v) is 2.41. The van der Waals surface area contributed by atoms with E-state index in [0.29, 0.717) is 0 Å². The fourth-order valence-electron chi connectivity index (χ4n) is 0.534. The van der Waals surface area contributed by atoms with Gasteiger partial charge in [0, 0.05) is 0 Å². The molecule has 13 heavy (non-hydrogen) atoms. The van der Waals surface area contributed by atoms with Gasteiger partial charge in [0.2, 0.25) is 0 Å². The summed E-state index contributed by atoms with van der Waals surface area (Å²) in [6, 6.07) is 10.3. The predicted molar refractivity (Wildman–Crippen MR) is 36.9 cm³/mol. The number of halogens is 4. The molecule has 0 aliphatic heterocycles. The maximum absolute atomic E-state index is 2.08. The van der Waals surface area contributed by atoms with E-state index >= 15 is 0 Å². The van der Waals surface area contributed by atoms with E-state index in [0.717, 1.165) is 0 Å². The molecular formula is C7H8AlCl4Cu. The third-order valence-electron chi connectivity index (χ3n) is 0.940. The maximum Gasteiger partial charge on any atom is 3.00 e. The Bertz CT molecular complexity index is 150. The van der Waals surface area contributed by atoms with E-state index in [1.807, 2.05) is 18.2 Å². The van der Waals surface area contributed by atoms with Crippen molar-refractivity contribution >= 4 is 17.4 Å². The molecule has 1 aromatic carbocycles. The molecule has 1 rings (SSSR count). The summed E-state index contributed by atoms with van der Waals surface area (Å²) in [6.45, 7) is 2.08. The van der Waals surface area contributed by atoms with Gasteiger partial charge in [-0.1, -0.05) is 35.9 Å². The molecular weight excluding hydrogens is 316 g/mol. The van der Waals surface area contributed by atoms with Crippen LogP contribution in [0.15, 0.2) is 30.3 Å². The largest absolute Gasteiger partial charge is 3.00 e. The molecule has 0 saturated carbocycles. The third-order valence-corrected chi connectivity index (χ3v) is 0.940. The van der Waals surface area contributed by atoms with Gasteiger partial charge in [0.15, 0.2) is 0 Å². The summed E-state index contributed by atoms with van der Waals surface area (Å²) in [5, 5.41) is 0. The molecule has 0 spiro atoms. The molecule has 0 bridgehead atoms. The molecule has 1 aromatic rings. The van der Waals surface area contributed by atoms with Crippen LogP contribution in [0.1, 0.15) is 5.56 Å². The Kier molecular flexibility index (Phi) is 65.7. The van der Waals surface area contributed by atoms with Crippen molar-refractivity contribution in [2.24, 2.45) is 0 Å². The second-order valence-corrected chi connectivity index (χ2v) is 1.65. The zero-order valence-electron chi connectivity index (χ0n) is 6.78. The van der Waals surface area contributed by atoms with Crippen molar-refractivity contribution in [1.29, 1.82) is 0 Å². The van der Waals surface area contributed by atoms with E-state index < -0.39 is 0 Å². The summed E-state index contributed by atoms with van der Waals surface area (Å²) in [6.07, 6.45) is 0. The van der Waals surface area contributed by atoms with E-state index in [9.17, 15) is 0 Å². The zero-order valence-corrected chi connectivity index (χ0v) is 11.9. The molecule has 0 aliphatic rings. The van der Waals surface area contributed by atoms with E-state index in [-0.39, 0.29) is 84.1 Å². The van der Waals surface area contributed by atoms with Crippen molar-refractivity contribution in [2.75, 3.05) is 0 Å². The van der Waals surface area contributed by atoms with Crippen molar-refractivity contribution in [3.8, 4) is 0 Å². The molecule has 0 saturated heterocycles. The molecule has 6 heteroatoms. The van der Waals surface area contributed by atoms with Gasteiger partial charge in [0.1, 0.15) is 0 Å². The minimum absolute atomic E-state index is 0. The molecule has 0 aliphatic carbocycles. The minimum atomic E-state index is 0. The molecule has 0 atom stereocenters. The normalized spacial score (nSPS) is 4.69. The number of rotatable bonds is 0. The fourth-order valence-corrected chi connectivity index (χ4v) is 0.534. The van der Waals surface area contributed by atoms with Gasteiger partial charge in [-0.05, 0) is 6.92 Å². The standard InChI is InChI=1S/C7H8.Al.4ClH.Cu/c1-7-5-3-2-4-6-7;;;;;;/h2-6H,1H3;;4*1H;/q;+3;;;;;+1/p-4. The molecule has 0 N–H and O–H groups in total. The number of aryl methyl sites for hydroxylation is 1. The Labute approximate surface area is 126 Å². The van der Waals surface area contributed by atoms with Crippen molar-refractivity contribution < 1.29 is 66.7 Å². The molecule has 0 unspecified atom stereocenters. The Morgan fingerprint density at radius 3 is 1.23 bits per heavy atom. The van der Waals surface area contributed by atoms with E-state index in [1.165, 1.54) is 5.56 Å². The molecule has 0 nitrogen and oxygen atoms in total.